The number of rotatable bonds is 4. The number of carbonyl (C=O) groups excluding carboxylic acids is 2. The van der Waals surface area contributed by atoms with E-state index in [2.05, 4.69) is 10.2 Å². The van der Waals surface area contributed by atoms with E-state index in [0.29, 0.717) is 26.2 Å². The van der Waals surface area contributed by atoms with Crippen LogP contribution in [0.5, 0.6) is 0 Å². The van der Waals surface area contributed by atoms with Gasteiger partial charge >= 0.3 is 0 Å². The zero-order valence-electron chi connectivity index (χ0n) is 13.9. The van der Waals surface area contributed by atoms with Gasteiger partial charge in [0, 0.05) is 38.8 Å². The largest absolute Gasteiger partial charge is 0.368 e. The summed E-state index contributed by atoms with van der Waals surface area (Å²) in [5, 5.41) is 2.74. The number of nitrogens with one attached hydrogen (secondary N) is 1. The summed E-state index contributed by atoms with van der Waals surface area (Å²) in [6, 6.07) is 5.91. The van der Waals surface area contributed by atoms with Gasteiger partial charge in [0.25, 0.3) is 0 Å². The summed E-state index contributed by atoms with van der Waals surface area (Å²) in [5.74, 6) is -0.435. The van der Waals surface area contributed by atoms with Gasteiger partial charge in [0.05, 0.1) is 0 Å². The molecule has 1 saturated heterocycles. The van der Waals surface area contributed by atoms with Gasteiger partial charge in [0.2, 0.25) is 11.8 Å². The maximum Gasteiger partial charge on any atom is 0.245 e. The van der Waals surface area contributed by atoms with E-state index in [0.717, 1.165) is 5.69 Å². The van der Waals surface area contributed by atoms with E-state index in [4.69, 9.17) is 0 Å². The maximum atomic E-state index is 13.0. The fourth-order valence-electron chi connectivity index (χ4n) is 2.77. The molecule has 0 aliphatic carbocycles. The summed E-state index contributed by atoms with van der Waals surface area (Å²) in [6.07, 6.45) is 0. The van der Waals surface area contributed by atoms with Crippen molar-refractivity contribution < 1.29 is 14.0 Å². The highest BCUT2D eigenvalue weighted by Crippen LogP contribution is 2.18. The lowest BCUT2D eigenvalue weighted by Gasteiger charge is -2.38. The summed E-state index contributed by atoms with van der Waals surface area (Å²) in [7, 11) is 0. The van der Waals surface area contributed by atoms with Crippen molar-refractivity contribution >= 4 is 17.5 Å². The average molecular weight is 321 g/mol. The number of hydrogen-bond acceptors (Lipinski definition) is 3. The Labute approximate surface area is 136 Å². The molecule has 1 aliphatic heterocycles. The molecule has 6 heteroatoms. The number of piperazine rings is 1. The summed E-state index contributed by atoms with van der Waals surface area (Å²) in [6.45, 7) is 7.86. The fraction of sp³-hybridized carbons (Fsp3) is 0.529. The molecule has 5 nitrogen and oxygen atoms in total. The molecule has 0 spiro atoms. The van der Waals surface area contributed by atoms with Crippen LogP contribution in [0.2, 0.25) is 0 Å². The highest BCUT2D eigenvalue weighted by Gasteiger charge is 2.30. The lowest BCUT2D eigenvalue weighted by molar-refractivity contribution is -0.137. The molecular formula is C17H24FN3O2. The number of amides is 2. The van der Waals surface area contributed by atoms with Crippen LogP contribution in [0.4, 0.5) is 10.1 Å². The van der Waals surface area contributed by atoms with E-state index in [1.807, 2.05) is 13.8 Å². The van der Waals surface area contributed by atoms with Crippen molar-refractivity contribution in [1.29, 1.82) is 0 Å². The van der Waals surface area contributed by atoms with Gasteiger partial charge in [-0.3, -0.25) is 9.59 Å². The molecule has 2 rings (SSSR count). The molecular weight excluding hydrogens is 297 g/mol. The van der Waals surface area contributed by atoms with Crippen LogP contribution in [0.15, 0.2) is 24.3 Å². The average Bonchev–Trinajstić information content (AvgIpc) is 2.52. The third-order valence-electron chi connectivity index (χ3n) is 4.07. The second kappa shape index (κ2) is 7.44. The van der Waals surface area contributed by atoms with Gasteiger partial charge < -0.3 is 15.1 Å². The second-order valence-corrected chi connectivity index (χ2v) is 6.21. The normalized spacial score (nSPS) is 16.4. The number of benzene rings is 1. The first-order chi connectivity index (χ1) is 10.9. The molecule has 0 aromatic heterocycles. The van der Waals surface area contributed by atoms with Crippen molar-refractivity contribution in [3.05, 3.63) is 30.1 Å². The van der Waals surface area contributed by atoms with Crippen molar-refractivity contribution in [1.82, 2.24) is 10.2 Å². The van der Waals surface area contributed by atoms with Gasteiger partial charge in [-0.1, -0.05) is 13.8 Å². The molecule has 2 amide bonds. The summed E-state index contributed by atoms with van der Waals surface area (Å²) in [5.41, 5.74) is 0.959. The van der Waals surface area contributed by atoms with Crippen molar-refractivity contribution in [3.63, 3.8) is 0 Å². The van der Waals surface area contributed by atoms with Gasteiger partial charge in [0.1, 0.15) is 11.9 Å². The first-order valence-corrected chi connectivity index (χ1v) is 7.95. The van der Waals surface area contributed by atoms with Gasteiger partial charge in [0.15, 0.2) is 0 Å². The van der Waals surface area contributed by atoms with Crippen LogP contribution < -0.4 is 10.2 Å². The standard InChI is InChI=1S/C17H24FN3O2/c1-12(2)16(19-13(3)22)17(23)21-10-8-20(9-11-21)15-6-4-14(18)5-7-15/h4-7,12,16H,8-11H2,1-3H3,(H,19,22)/t16-/m1/s1. The van der Waals surface area contributed by atoms with Crippen molar-refractivity contribution in [2.24, 2.45) is 5.92 Å². The molecule has 23 heavy (non-hydrogen) atoms. The predicted molar refractivity (Wildman–Crippen MR) is 87.6 cm³/mol. The van der Waals surface area contributed by atoms with E-state index in [9.17, 15) is 14.0 Å². The monoisotopic (exact) mass is 321 g/mol. The smallest absolute Gasteiger partial charge is 0.245 e. The minimum atomic E-state index is -0.482. The van der Waals surface area contributed by atoms with Crippen LogP contribution in [-0.4, -0.2) is 48.9 Å². The third kappa shape index (κ3) is 4.43. The first kappa shape index (κ1) is 17.2. The molecule has 0 radical (unpaired) electrons. The predicted octanol–water partition coefficient (Wildman–Crippen LogP) is 1.64. The molecule has 0 bridgehead atoms. The van der Waals surface area contributed by atoms with E-state index in [-0.39, 0.29) is 23.5 Å². The topological polar surface area (TPSA) is 52.7 Å². The van der Waals surface area contributed by atoms with Crippen molar-refractivity contribution in [3.8, 4) is 0 Å². The van der Waals surface area contributed by atoms with Crippen LogP contribution >= 0.6 is 0 Å². The Hall–Kier alpha value is -2.11. The van der Waals surface area contributed by atoms with Crippen LogP contribution in [0, 0.1) is 11.7 Å². The third-order valence-corrected chi connectivity index (χ3v) is 4.07. The molecule has 1 aromatic carbocycles. The highest BCUT2D eigenvalue weighted by molar-refractivity contribution is 5.87. The zero-order chi connectivity index (χ0) is 17.0. The minimum Gasteiger partial charge on any atom is -0.368 e. The van der Waals surface area contributed by atoms with Crippen molar-refractivity contribution in [2.75, 3.05) is 31.1 Å². The minimum absolute atomic E-state index is 0.0334. The number of halogens is 1. The second-order valence-electron chi connectivity index (χ2n) is 6.21. The Bertz CT molecular complexity index is 551. The lowest BCUT2D eigenvalue weighted by Crippen LogP contribution is -2.56. The van der Waals surface area contributed by atoms with Gasteiger partial charge in [-0.25, -0.2) is 4.39 Å². The molecule has 0 saturated carbocycles. The fourth-order valence-corrected chi connectivity index (χ4v) is 2.77. The van der Waals surface area contributed by atoms with Crippen LogP contribution in [-0.2, 0) is 9.59 Å². The Morgan fingerprint density at radius 3 is 2.13 bits per heavy atom. The molecule has 1 N–H and O–H groups in total. The number of carbonyl (C=O) groups is 2. The highest BCUT2D eigenvalue weighted by atomic mass is 19.1. The maximum absolute atomic E-state index is 13.0. The van der Waals surface area contributed by atoms with Crippen LogP contribution in [0.3, 0.4) is 0 Å². The Kier molecular flexibility index (Phi) is 5.58. The van der Waals surface area contributed by atoms with Gasteiger partial charge in [-0.15, -0.1) is 0 Å². The quantitative estimate of drug-likeness (QED) is 0.917. The molecule has 1 heterocycles. The van der Waals surface area contributed by atoms with Gasteiger partial charge in [-0.2, -0.15) is 0 Å². The summed E-state index contributed by atoms with van der Waals surface area (Å²) in [4.78, 5) is 27.8. The lowest BCUT2D eigenvalue weighted by atomic mass is 10.0. The molecule has 1 aliphatic rings. The molecule has 0 unspecified atom stereocenters. The SMILES string of the molecule is CC(=O)N[C@@H](C(=O)N1CCN(c2ccc(F)cc2)CC1)C(C)C. The molecule has 1 fully saturated rings. The Morgan fingerprint density at radius 1 is 1.09 bits per heavy atom. The number of hydrogen-bond donors (Lipinski definition) is 1. The van der Waals surface area contributed by atoms with E-state index in [1.54, 1.807) is 17.0 Å². The Balaban J connectivity index is 1.96. The molecule has 1 aromatic rings. The zero-order valence-corrected chi connectivity index (χ0v) is 13.9. The van der Waals surface area contributed by atoms with E-state index >= 15 is 0 Å². The van der Waals surface area contributed by atoms with Crippen molar-refractivity contribution in [2.45, 2.75) is 26.8 Å². The Morgan fingerprint density at radius 2 is 1.65 bits per heavy atom. The first-order valence-electron chi connectivity index (χ1n) is 7.95. The summed E-state index contributed by atoms with van der Waals surface area (Å²) >= 11 is 0. The van der Waals surface area contributed by atoms with Crippen LogP contribution in [0.1, 0.15) is 20.8 Å². The summed E-state index contributed by atoms with van der Waals surface area (Å²) < 4.78 is 13.0. The molecule has 126 valence electrons. The van der Waals surface area contributed by atoms with Gasteiger partial charge in [-0.05, 0) is 30.2 Å². The number of nitrogens with zero attached hydrogens (tertiary/aromatic N) is 2. The van der Waals surface area contributed by atoms with Crippen LogP contribution in [0.25, 0.3) is 0 Å². The van der Waals surface area contributed by atoms with E-state index in [1.165, 1.54) is 19.1 Å². The molecule has 1 atom stereocenters. The van der Waals surface area contributed by atoms with E-state index < -0.39 is 6.04 Å². The number of anilines is 1.